The fourth-order valence-electron chi connectivity index (χ4n) is 2.74. The summed E-state index contributed by atoms with van der Waals surface area (Å²) in [6.45, 7) is 0. The predicted octanol–water partition coefficient (Wildman–Crippen LogP) is 3.64. The zero-order valence-corrected chi connectivity index (χ0v) is 12.5. The van der Waals surface area contributed by atoms with Gasteiger partial charge in [0.1, 0.15) is 11.3 Å². The Morgan fingerprint density at radius 2 is 1.59 bits per heavy atom. The Bertz CT molecular complexity index is 732. The molecule has 8 heteroatoms. The minimum Gasteiger partial charge on any atom is -0.383 e. The minimum absolute atomic E-state index is 0.0751. The fourth-order valence-corrected chi connectivity index (χ4v) is 4.03. The number of aromatic nitrogens is 2. The van der Waals surface area contributed by atoms with E-state index in [1.807, 2.05) is 0 Å². The Kier molecular flexibility index (Phi) is 4.03. The lowest BCUT2D eigenvalue weighted by atomic mass is 10.0. The zero-order chi connectivity index (χ0) is 15.9. The largest absolute Gasteiger partial charge is 0.383 e. The van der Waals surface area contributed by atoms with Gasteiger partial charge in [-0.1, -0.05) is 19.3 Å². The van der Waals surface area contributed by atoms with Gasteiger partial charge < -0.3 is 11.5 Å². The smallest absolute Gasteiger partial charge is 0.222 e. The van der Waals surface area contributed by atoms with E-state index in [0.717, 1.165) is 43.9 Å². The summed E-state index contributed by atoms with van der Waals surface area (Å²) in [5, 5.41) is -0.386. The second-order valence-corrected chi connectivity index (χ2v) is 6.65. The second kappa shape index (κ2) is 5.83. The summed E-state index contributed by atoms with van der Waals surface area (Å²) in [5.41, 5.74) is 10.6. The molecular weight excluding hydrogens is 313 g/mol. The van der Waals surface area contributed by atoms with E-state index in [-0.39, 0.29) is 27.4 Å². The van der Waals surface area contributed by atoms with Crippen LogP contribution in [0, 0.1) is 17.5 Å². The van der Waals surface area contributed by atoms with E-state index in [1.54, 1.807) is 0 Å². The molecule has 22 heavy (non-hydrogen) atoms. The predicted molar refractivity (Wildman–Crippen MR) is 81.0 cm³/mol. The highest BCUT2D eigenvalue weighted by Gasteiger charge is 2.27. The Hall–Kier alpha value is -1.70. The zero-order valence-electron chi connectivity index (χ0n) is 11.7. The summed E-state index contributed by atoms with van der Waals surface area (Å²) in [4.78, 5) is 6.89. The van der Waals surface area contributed by atoms with Crippen LogP contribution in [0.2, 0.25) is 0 Å². The van der Waals surface area contributed by atoms with Crippen molar-refractivity contribution >= 4 is 34.4 Å². The van der Waals surface area contributed by atoms with Crippen LogP contribution in [0.15, 0.2) is 4.90 Å². The monoisotopic (exact) mass is 328 g/mol. The van der Waals surface area contributed by atoms with E-state index in [9.17, 15) is 13.2 Å². The van der Waals surface area contributed by atoms with Gasteiger partial charge in [0.15, 0.2) is 17.5 Å². The molecule has 1 fully saturated rings. The van der Waals surface area contributed by atoms with Gasteiger partial charge in [0, 0.05) is 5.25 Å². The van der Waals surface area contributed by atoms with Gasteiger partial charge in [-0.2, -0.15) is 4.98 Å². The topological polar surface area (TPSA) is 77.8 Å². The van der Waals surface area contributed by atoms with Gasteiger partial charge in [-0.3, -0.25) is 0 Å². The summed E-state index contributed by atoms with van der Waals surface area (Å²) in [7, 11) is 0. The van der Waals surface area contributed by atoms with Crippen molar-refractivity contribution < 1.29 is 13.2 Å². The Balaban J connectivity index is 2.14. The third kappa shape index (κ3) is 2.55. The third-order valence-corrected chi connectivity index (χ3v) is 5.21. The van der Waals surface area contributed by atoms with Gasteiger partial charge in [-0.25, -0.2) is 18.2 Å². The van der Waals surface area contributed by atoms with E-state index < -0.39 is 22.8 Å². The molecular formula is C14H15F3N4S. The lowest BCUT2D eigenvalue weighted by Crippen LogP contribution is -2.11. The molecule has 1 aromatic carbocycles. The average molecular weight is 328 g/mol. The average Bonchev–Trinajstić information content (AvgIpc) is 2.50. The van der Waals surface area contributed by atoms with Gasteiger partial charge >= 0.3 is 0 Å². The van der Waals surface area contributed by atoms with Crippen LogP contribution in [0.3, 0.4) is 0 Å². The number of anilines is 2. The Morgan fingerprint density at radius 3 is 2.27 bits per heavy atom. The van der Waals surface area contributed by atoms with Gasteiger partial charge in [0.05, 0.1) is 10.3 Å². The van der Waals surface area contributed by atoms with Crippen molar-refractivity contribution in [3.05, 3.63) is 17.5 Å². The molecule has 1 saturated carbocycles. The molecule has 0 atom stereocenters. The molecule has 0 radical (unpaired) electrons. The molecule has 2 aromatic rings. The number of hydrogen-bond acceptors (Lipinski definition) is 5. The number of thioether (sulfide) groups is 1. The van der Waals surface area contributed by atoms with Crippen LogP contribution < -0.4 is 11.5 Å². The second-order valence-electron chi connectivity index (χ2n) is 5.34. The maximum Gasteiger partial charge on any atom is 0.222 e. The summed E-state index contributed by atoms with van der Waals surface area (Å²) in [5.74, 6) is -4.03. The summed E-state index contributed by atoms with van der Waals surface area (Å²) in [6, 6.07) is 0. The van der Waals surface area contributed by atoms with E-state index in [2.05, 4.69) is 9.97 Å². The third-order valence-electron chi connectivity index (χ3n) is 3.81. The summed E-state index contributed by atoms with van der Waals surface area (Å²) >= 11 is 1.03. The molecule has 3 rings (SSSR count). The van der Waals surface area contributed by atoms with Crippen molar-refractivity contribution in [1.29, 1.82) is 0 Å². The van der Waals surface area contributed by atoms with Gasteiger partial charge in [0.2, 0.25) is 5.95 Å². The summed E-state index contributed by atoms with van der Waals surface area (Å²) < 4.78 is 43.1. The quantitative estimate of drug-likeness (QED) is 0.823. The van der Waals surface area contributed by atoms with Crippen LogP contribution in [0.1, 0.15) is 32.1 Å². The normalized spacial score (nSPS) is 16.3. The van der Waals surface area contributed by atoms with Crippen LogP contribution in [-0.2, 0) is 0 Å². The van der Waals surface area contributed by atoms with Crippen molar-refractivity contribution in [1.82, 2.24) is 9.97 Å². The van der Waals surface area contributed by atoms with E-state index in [0.29, 0.717) is 0 Å². The number of nitrogen functional groups attached to an aromatic ring is 2. The van der Waals surface area contributed by atoms with E-state index >= 15 is 0 Å². The molecule has 1 aliphatic carbocycles. The number of nitrogens with two attached hydrogens (primary N) is 2. The number of rotatable bonds is 2. The molecule has 0 spiro atoms. The highest BCUT2D eigenvalue weighted by Crippen LogP contribution is 2.40. The van der Waals surface area contributed by atoms with Crippen molar-refractivity contribution in [3.8, 4) is 0 Å². The number of nitrogens with zero attached hydrogens (tertiary/aromatic N) is 2. The molecule has 4 nitrogen and oxygen atoms in total. The van der Waals surface area contributed by atoms with Gasteiger partial charge in [-0.15, -0.1) is 11.8 Å². The van der Waals surface area contributed by atoms with Gasteiger partial charge in [-0.05, 0) is 12.8 Å². The maximum absolute atomic E-state index is 14.6. The van der Waals surface area contributed by atoms with Crippen LogP contribution in [0.4, 0.5) is 24.9 Å². The minimum atomic E-state index is -1.24. The lowest BCUT2D eigenvalue weighted by Gasteiger charge is -2.21. The van der Waals surface area contributed by atoms with Gasteiger partial charge in [0.25, 0.3) is 0 Å². The Morgan fingerprint density at radius 1 is 0.909 bits per heavy atom. The first-order chi connectivity index (χ1) is 10.5. The number of halogens is 3. The standard InChI is InChI=1S/C14H15F3N4S/c15-8-7-11(20-14(19)21-13(7)18)10(17)12(9(8)16)22-6-4-2-1-3-5-6/h6H,1-5H2,(H4,18,19,20,21). The van der Waals surface area contributed by atoms with Crippen LogP contribution in [-0.4, -0.2) is 15.2 Å². The summed E-state index contributed by atoms with van der Waals surface area (Å²) in [6.07, 6.45) is 4.86. The molecule has 0 amide bonds. The number of fused-ring (bicyclic) bond motifs is 1. The highest BCUT2D eigenvalue weighted by atomic mass is 32.2. The van der Waals surface area contributed by atoms with Crippen LogP contribution >= 0.6 is 11.8 Å². The number of benzene rings is 1. The molecule has 0 aliphatic heterocycles. The SMILES string of the molecule is Nc1nc(N)c2c(F)c(F)c(SC3CCCCC3)c(F)c2n1. The van der Waals surface area contributed by atoms with Crippen molar-refractivity contribution in [2.75, 3.05) is 11.5 Å². The van der Waals surface area contributed by atoms with E-state index in [1.165, 1.54) is 0 Å². The van der Waals surface area contributed by atoms with Crippen molar-refractivity contribution in [3.63, 3.8) is 0 Å². The first-order valence-corrected chi connectivity index (χ1v) is 7.92. The molecule has 1 aromatic heterocycles. The van der Waals surface area contributed by atoms with Crippen molar-refractivity contribution in [2.45, 2.75) is 42.2 Å². The molecule has 4 N–H and O–H groups in total. The molecule has 1 aliphatic rings. The molecule has 0 unspecified atom stereocenters. The molecule has 118 valence electrons. The van der Waals surface area contributed by atoms with E-state index in [4.69, 9.17) is 11.5 Å². The van der Waals surface area contributed by atoms with Crippen LogP contribution in [0.5, 0.6) is 0 Å². The molecule has 0 bridgehead atoms. The highest BCUT2D eigenvalue weighted by molar-refractivity contribution is 8.00. The molecule has 1 heterocycles. The first kappa shape index (κ1) is 15.2. The lowest BCUT2D eigenvalue weighted by molar-refractivity contribution is 0.474. The number of hydrogen-bond donors (Lipinski definition) is 2. The first-order valence-electron chi connectivity index (χ1n) is 7.05. The van der Waals surface area contributed by atoms with Crippen LogP contribution in [0.25, 0.3) is 10.9 Å². The fraction of sp³-hybridized carbons (Fsp3) is 0.429. The Labute approximate surface area is 129 Å². The van der Waals surface area contributed by atoms with Crippen molar-refractivity contribution in [2.24, 2.45) is 0 Å². The molecule has 0 saturated heterocycles. The maximum atomic E-state index is 14.6.